The molecule has 23 heavy (non-hydrogen) atoms. The highest BCUT2D eigenvalue weighted by atomic mass is 32.2. The minimum absolute atomic E-state index is 0.211. The van der Waals surface area contributed by atoms with Crippen LogP contribution >= 0.6 is 0 Å². The summed E-state index contributed by atoms with van der Waals surface area (Å²) in [6.07, 6.45) is 3.36. The predicted molar refractivity (Wildman–Crippen MR) is 76.3 cm³/mol. The first kappa shape index (κ1) is 18.5. The lowest BCUT2D eigenvalue weighted by atomic mass is 9.58. The summed E-state index contributed by atoms with van der Waals surface area (Å²) in [4.78, 5) is 11.3. The van der Waals surface area contributed by atoms with Crippen molar-refractivity contribution in [2.75, 3.05) is 6.61 Å². The maximum absolute atomic E-state index is 13.2. The van der Waals surface area contributed by atoms with Gasteiger partial charge in [0, 0.05) is 5.41 Å². The van der Waals surface area contributed by atoms with E-state index >= 15 is 0 Å². The molecule has 2 aliphatic rings. The summed E-state index contributed by atoms with van der Waals surface area (Å²) in [5.74, 6) is -1.84. The minimum atomic E-state index is -5.85. The van der Waals surface area contributed by atoms with Crippen LogP contribution in [-0.2, 0) is 19.6 Å². The van der Waals surface area contributed by atoms with Gasteiger partial charge in [-0.1, -0.05) is 6.92 Å². The van der Waals surface area contributed by atoms with Crippen LogP contribution in [0.15, 0.2) is 0 Å². The molecule has 0 aromatic rings. The molecule has 0 spiro atoms. The third-order valence-electron chi connectivity index (χ3n) is 4.80. The number of carbonyl (C=O) groups excluding carboxylic acids is 1. The first-order valence-corrected chi connectivity index (χ1v) is 8.93. The van der Waals surface area contributed by atoms with E-state index in [4.69, 9.17) is 4.55 Å². The van der Waals surface area contributed by atoms with Crippen molar-refractivity contribution in [1.29, 1.82) is 0 Å². The second-order valence-electron chi connectivity index (χ2n) is 7.66. The summed E-state index contributed by atoms with van der Waals surface area (Å²) in [5, 5.41) is 5.23. The molecule has 0 aliphatic heterocycles. The smallest absolute Gasteiger partial charge is 0.460 e. The number of esters is 1. The Bertz CT molecular complexity index is 570. The van der Waals surface area contributed by atoms with Crippen LogP contribution in [0.4, 0.5) is 8.78 Å². The lowest BCUT2D eigenvalue weighted by Gasteiger charge is -2.49. The number of aliphatic hydroxyl groups is 1. The van der Waals surface area contributed by atoms with Crippen LogP contribution in [0.3, 0.4) is 0 Å². The first-order valence-electron chi connectivity index (χ1n) is 7.49. The molecule has 0 aromatic carbocycles. The molecule has 6 nitrogen and oxygen atoms in total. The number of ether oxygens (including phenoxy) is 1. The maximum Gasteiger partial charge on any atom is 0.465 e. The van der Waals surface area contributed by atoms with E-state index < -0.39 is 32.4 Å². The Morgan fingerprint density at radius 3 is 2.13 bits per heavy atom. The molecule has 0 aromatic heterocycles. The molecule has 0 amide bonds. The first-order chi connectivity index (χ1) is 10.2. The van der Waals surface area contributed by atoms with Crippen molar-refractivity contribution in [2.45, 2.75) is 56.8 Å². The van der Waals surface area contributed by atoms with Gasteiger partial charge >= 0.3 is 21.3 Å². The number of rotatable bonds is 4. The summed E-state index contributed by atoms with van der Waals surface area (Å²) in [6, 6.07) is 0. The highest BCUT2D eigenvalue weighted by molar-refractivity contribution is 7.87. The summed E-state index contributed by atoms with van der Waals surface area (Å²) >= 11 is 0. The van der Waals surface area contributed by atoms with Crippen LogP contribution in [0.25, 0.3) is 0 Å². The van der Waals surface area contributed by atoms with Crippen LogP contribution in [0.2, 0.25) is 0 Å². The van der Waals surface area contributed by atoms with E-state index in [2.05, 4.69) is 4.74 Å². The molecule has 2 N–H and O–H groups in total. The molecule has 9 heteroatoms. The molecule has 2 fully saturated rings. The van der Waals surface area contributed by atoms with E-state index in [9.17, 15) is 27.1 Å². The Morgan fingerprint density at radius 2 is 1.70 bits per heavy atom. The summed E-state index contributed by atoms with van der Waals surface area (Å²) < 4.78 is 60.3. The summed E-state index contributed by atoms with van der Waals surface area (Å²) in [6.45, 7) is 3.23. The highest BCUT2D eigenvalue weighted by Gasteiger charge is 2.55. The number of halogens is 2. The van der Waals surface area contributed by atoms with Crippen molar-refractivity contribution in [3.8, 4) is 0 Å². The lowest BCUT2D eigenvalue weighted by molar-refractivity contribution is -0.168. The van der Waals surface area contributed by atoms with E-state index in [-0.39, 0.29) is 18.4 Å². The number of hydrogen-bond donors (Lipinski definition) is 2. The third-order valence-corrected chi connectivity index (χ3v) is 5.61. The fourth-order valence-corrected chi connectivity index (χ4v) is 4.57. The second-order valence-corrected chi connectivity index (χ2v) is 9.12. The summed E-state index contributed by atoms with van der Waals surface area (Å²) in [5.41, 5.74) is -1.28. The standard InChI is InChI=1S/C14H22F2O6S/c1-12(8-22-11(17)14(15,16)23(19,20)21)4-9-3-10(5-12)7-13(2,18)6-9/h9-10,18H,3-8H2,1-2H3,(H,19,20,21). The largest absolute Gasteiger partial charge is 0.465 e. The second kappa shape index (κ2) is 5.63. The number of hydrogen-bond acceptors (Lipinski definition) is 5. The van der Waals surface area contributed by atoms with Gasteiger partial charge in [-0.2, -0.15) is 17.2 Å². The van der Waals surface area contributed by atoms with Gasteiger partial charge in [0.15, 0.2) is 0 Å². The SMILES string of the molecule is CC1(O)CC2CC(C1)CC(C)(COC(=O)C(F)(F)S(=O)(=O)O)C2. The van der Waals surface area contributed by atoms with Gasteiger partial charge in [-0.05, 0) is 50.9 Å². The monoisotopic (exact) mass is 356 g/mol. The Kier molecular flexibility index (Phi) is 4.54. The minimum Gasteiger partial charge on any atom is -0.460 e. The zero-order valence-corrected chi connectivity index (χ0v) is 13.9. The van der Waals surface area contributed by atoms with Gasteiger partial charge in [0.1, 0.15) is 0 Å². The molecule has 2 unspecified atom stereocenters. The van der Waals surface area contributed by atoms with E-state index in [0.717, 1.165) is 6.42 Å². The maximum atomic E-state index is 13.2. The molecule has 0 radical (unpaired) electrons. The van der Waals surface area contributed by atoms with E-state index in [1.165, 1.54) is 0 Å². The van der Waals surface area contributed by atoms with Gasteiger partial charge in [0.05, 0.1) is 12.2 Å². The normalized spacial score (nSPS) is 38.2. The fourth-order valence-electron chi connectivity index (χ4n) is 4.30. The summed E-state index contributed by atoms with van der Waals surface area (Å²) in [7, 11) is -5.85. The average Bonchev–Trinajstić information content (AvgIpc) is 2.31. The molecule has 2 saturated carbocycles. The molecule has 2 rings (SSSR count). The molecule has 0 heterocycles. The van der Waals surface area contributed by atoms with Gasteiger partial charge in [-0.15, -0.1) is 0 Å². The van der Waals surface area contributed by atoms with Gasteiger partial charge in [-0.3, -0.25) is 4.55 Å². The molecule has 2 atom stereocenters. The van der Waals surface area contributed by atoms with Crippen molar-refractivity contribution in [1.82, 2.24) is 0 Å². The molecule has 0 saturated heterocycles. The van der Waals surface area contributed by atoms with E-state index in [1.54, 1.807) is 13.8 Å². The van der Waals surface area contributed by atoms with Crippen LogP contribution in [0, 0.1) is 17.3 Å². The number of alkyl halides is 2. The van der Waals surface area contributed by atoms with Crippen LogP contribution < -0.4 is 0 Å². The van der Waals surface area contributed by atoms with Crippen LogP contribution in [0.1, 0.15) is 46.0 Å². The van der Waals surface area contributed by atoms with Crippen molar-refractivity contribution in [3.05, 3.63) is 0 Å². The zero-order chi connectivity index (χ0) is 17.7. The average molecular weight is 356 g/mol. The topological polar surface area (TPSA) is 101 Å². The van der Waals surface area contributed by atoms with Gasteiger partial charge in [0.2, 0.25) is 0 Å². The van der Waals surface area contributed by atoms with Crippen molar-refractivity contribution in [3.63, 3.8) is 0 Å². The Hall–Kier alpha value is -0.800. The van der Waals surface area contributed by atoms with E-state index in [1.807, 2.05) is 0 Å². The highest BCUT2D eigenvalue weighted by Crippen LogP contribution is 2.51. The zero-order valence-electron chi connectivity index (χ0n) is 13.1. The quantitative estimate of drug-likeness (QED) is 0.590. The number of fused-ring (bicyclic) bond motifs is 2. The van der Waals surface area contributed by atoms with Crippen LogP contribution in [0.5, 0.6) is 0 Å². The van der Waals surface area contributed by atoms with Crippen LogP contribution in [-0.4, -0.2) is 41.5 Å². The van der Waals surface area contributed by atoms with Crippen molar-refractivity contribution in [2.24, 2.45) is 17.3 Å². The lowest BCUT2D eigenvalue weighted by Crippen LogP contribution is -2.46. The Labute approximate surface area is 134 Å². The molecular formula is C14H22F2O6S. The molecular weight excluding hydrogens is 334 g/mol. The molecule has 134 valence electrons. The van der Waals surface area contributed by atoms with Gasteiger partial charge < -0.3 is 9.84 Å². The van der Waals surface area contributed by atoms with Crippen molar-refractivity contribution >= 4 is 16.1 Å². The van der Waals surface area contributed by atoms with Crippen molar-refractivity contribution < 1.29 is 36.4 Å². The number of carbonyl (C=O) groups is 1. The van der Waals surface area contributed by atoms with E-state index in [0.29, 0.717) is 25.7 Å². The van der Waals surface area contributed by atoms with Gasteiger partial charge in [-0.25, -0.2) is 4.79 Å². The molecule has 2 aliphatic carbocycles. The third kappa shape index (κ3) is 4.00. The Morgan fingerprint density at radius 1 is 1.22 bits per heavy atom. The predicted octanol–water partition coefficient (Wildman–Crippen LogP) is 1.98. The van der Waals surface area contributed by atoms with Gasteiger partial charge in [0.25, 0.3) is 0 Å². The fraction of sp³-hybridized carbons (Fsp3) is 0.929. The Balaban J connectivity index is 2.00. The molecule has 2 bridgehead atoms.